The van der Waals surface area contributed by atoms with Gasteiger partial charge in [-0.25, -0.2) is 4.98 Å². The topological polar surface area (TPSA) is 69.0 Å². The van der Waals surface area contributed by atoms with E-state index in [9.17, 15) is 4.79 Å². The van der Waals surface area contributed by atoms with Crippen LogP contribution in [0, 0.1) is 0 Å². The number of nitrogens with one attached hydrogen (secondary N) is 1. The lowest BCUT2D eigenvalue weighted by atomic mass is 10.0. The van der Waals surface area contributed by atoms with Gasteiger partial charge in [0, 0.05) is 40.3 Å². The van der Waals surface area contributed by atoms with Crippen molar-refractivity contribution in [3.05, 3.63) is 83.4 Å². The number of hydrogen-bond donors (Lipinski definition) is 1. The van der Waals surface area contributed by atoms with E-state index in [2.05, 4.69) is 53.0 Å². The van der Waals surface area contributed by atoms with Crippen molar-refractivity contribution in [2.24, 2.45) is 7.05 Å². The minimum absolute atomic E-state index is 0. The number of carbonyl (C=O) groups is 1. The predicted octanol–water partition coefficient (Wildman–Crippen LogP) is 5.08. The van der Waals surface area contributed by atoms with Crippen LogP contribution in [-0.2, 0) is 13.5 Å². The zero-order valence-electron chi connectivity index (χ0n) is 18.2. The summed E-state index contributed by atoms with van der Waals surface area (Å²) in [7, 11) is 3.61. The summed E-state index contributed by atoms with van der Waals surface area (Å²) in [6.45, 7) is 4.40. The van der Waals surface area contributed by atoms with E-state index >= 15 is 0 Å². The van der Waals surface area contributed by atoms with E-state index in [1.165, 1.54) is 11.1 Å². The molecule has 0 saturated carbocycles. The Hall–Kier alpha value is -3.67. The summed E-state index contributed by atoms with van der Waals surface area (Å²) in [5, 5.41) is 2.56. The van der Waals surface area contributed by atoms with Crippen LogP contribution >= 0.6 is 0 Å². The zero-order valence-corrected chi connectivity index (χ0v) is 18.2. The normalized spacial score (nSPS) is 11.1. The maximum Gasteiger partial charge on any atom is 0.269 e. The van der Waals surface area contributed by atoms with Crippen molar-refractivity contribution in [1.82, 2.24) is 19.9 Å². The van der Waals surface area contributed by atoms with Crippen molar-refractivity contribution in [2.45, 2.75) is 26.2 Å². The first-order valence-electron chi connectivity index (χ1n) is 10.3. The molecule has 0 aliphatic carbocycles. The largest absolute Gasteiger partial charge is 0.457 e. The van der Waals surface area contributed by atoms with Gasteiger partial charge < -0.3 is 14.6 Å². The van der Waals surface area contributed by atoms with Crippen LogP contribution in [0.2, 0.25) is 0 Å². The highest BCUT2D eigenvalue weighted by Crippen LogP contribution is 2.27. The second-order valence-corrected chi connectivity index (χ2v) is 7.87. The van der Waals surface area contributed by atoms with Gasteiger partial charge in [0.05, 0.1) is 11.0 Å². The van der Waals surface area contributed by atoms with Crippen LogP contribution in [-0.4, -0.2) is 27.5 Å². The molecule has 4 rings (SSSR count). The third-order valence-corrected chi connectivity index (χ3v) is 5.38. The molecule has 31 heavy (non-hydrogen) atoms. The van der Waals surface area contributed by atoms with Crippen LogP contribution in [0.15, 0.2) is 60.8 Å². The molecule has 6 nitrogen and oxygen atoms in total. The van der Waals surface area contributed by atoms with E-state index in [-0.39, 0.29) is 7.33 Å². The molecule has 2 aromatic carbocycles. The van der Waals surface area contributed by atoms with Crippen LogP contribution in [0.1, 0.15) is 48.6 Å². The molecular formula is C25H28N4O2. The molecule has 4 aromatic rings. The van der Waals surface area contributed by atoms with Crippen molar-refractivity contribution >= 4 is 16.9 Å². The standard InChI is InChI=1S/C25H26N4O2.H2/c1-16(2)18-7-5-17(6-8-18)13-24-28-21-14-19(9-10-23(21)29(24)4)31-20-11-12-27-22(15-20)25(30)26-3;/h5-12,14-16H,13H2,1-4H3,(H,26,30);1H. The van der Waals surface area contributed by atoms with Crippen LogP contribution in [0.3, 0.4) is 0 Å². The van der Waals surface area contributed by atoms with Crippen LogP contribution in [0.25, 0.3) is 11.0 Å². The molecule has 0 aliphatic heterocycles. The van der Waals surface area contributed by atoms with Crippen molar-refractivity contribution in [2.75, 3.05) is 7.05 Å². The number of benzene rings is 2. The van der Waals surface area contributed by atoms with Crippen molar-refractivity contribution in [3.63, 3.8) is 0 Å². The van der Waals surface area contributed by atoms with E-state index in [1.54, 1.807) is 25.4 Å². The molecule has 160 valence electrons. The lowest BCUT2D eigenvalue weighted by Crippen LogP contribution is -2.18. The van der Waals surface area contributed by atoms with E-state index in [0.717, 1.165) is 23.3 Å². The molecule has 0 fully saturated rings. The Morgan fingerprint density at radius 3 is 2.55 bits per heavy atom. The average molecular weight is 417 g/mol. The fourth-order valence-electron chi connectivity index (χ4n) is 3.52. The maximum atomic E-state index is 11.8. The van der Waals surface area contributed by atoms with Crippen molar-refractivity contribution < 1.29 is 11.0 Å². The van der Waals surface area contributed by atoms with Crippen molar-refractivity contribution in [3.8, 4) is 11.5 Å². The molecular weight excluding hydrogens is 388 g/mol. The second kappa shape index (κ2) is 8.60. The number of aromatic nitrogens is 3. The Labute approximate surface area is 183 Å². The number of rotatable bonds is 6. The number of amides is 1. The number of ether oxygens (including phenoxy) is 1. The first kappa shape index (κ1) is 20.6. The minimum atomic E-state index is -0.253. The lowest BCUT2D eigenvalue weighted by molar-refractivity contribution is 0.0958. The zero-order chi connectivity index (χ0) is 22.0. The Morgan fingerprint density at radius 2 is 1.84 bits per heavy atom. The van der Waals surface area contributed by atoms with Crippen LogP contribution < -0.4 is 10.1 Å². The number of nitrogens with zero attached hydrogens (tertiary/aromatic N) is 3. The summed E-state index contributed by atoms with van der Waals surface area (Å²) in [6, 6.07) is 17.9. The molecule has 6 heteroatoms. The number of imidazole rings is 1. The molecule has 0 bridgehead atoms. The molecule has 0 spiro atoms. The number of hydrogen-bond acceptors (Lipinski definition) is 4. The molecule has 0 unspecified atom stereocenters. The molecule has 0 atom stereocenters. The van der Waals surface area contributed by atoms with Crippen LogP contribution in [0.4, 0.5) is 0 Å². The maximum absolute atomic E-state index is 11.8. The van der Waals surface area contributed by atoms with Gasteiger partial charge >= 0.3 is 0 Å². The Bertz CT molecular complexity index is 1230. The summed E-state index contributed by atoms with van der Waals surface area (Å²) < 4.78 is 8.07. The van der Waals surface area contributed by atoms with Gasteiger partial charge in [-0.05, 0) is 35.2 Å². The van der Waals surface area contributed by atoms with Gasteiger partial charge in [0.15, 0.2) is 0 Å². The number of pyridine rings is 1. The van der Waals surface area contributed by atoms with E-state index < -0.39 is 0 Å². The Balaban J connectivity index is 0.00000289. The first-order valence-corrected chi connectivity index (χ1v) is 10.3. The predicted molar refractivity (Wildman–Crippen MR) is 124 cm³/mol. The highest BCUT2D eigenvalue weighted by atomic mass is 16.5. The molecule has 0 saturated heterocycles. The SMILES string of the molecule is CNC(=O)c1cc(Oc2ccc3c(c2)nc(Cc2ccc(C(C)C)cc2)n3C)ccn1.[HH]. The van der Waals surface area contributed by atoms with Gasteiger partial charge in [-0.15, -0.1) is 0 Å². The van der Waals surface area contributed by atoms with Gasteiger partial charge in [0.25, 0.3) is 5.91 Å². The Morgan fingerprint density at radius 1 is 1.10 bits per heavy atom. The fraction of sp³-hybridized carbons (Fsp3) is 0.240. The van der Waals surface area contributed by atoms with Crippen LogP contribution in [0.5, 0.6) is 11.5 Å². The molecule has 1 N–H and O–H groups in total. The summed E-state index contributed by atoms with van der Waals surface area (Å²) in [5.74, 6) is 2.48. The minimum Gasteiger partial charge on any atom is -0.457 e. The highest BCUT2D eigenvalue weighted by Gasteiger charge is 2.11. The number of fused-ring (bicyclic) bond motifs is 1. The average Bonchev–Trinajstić information content (AvgIpc) is 3.08. The molecule has 0 aliphatic rings. The number of aryl methyl sites for hydroxylation is 1. The molecule has 2 aromatic heterocycles. The van der Waals surface area contributed by atoms with Gasteiger partial charge in [-0.3, -0.25) is 9.78 Å². The summed E-state index contributed by atoms with van der Waals surface area (Å²) >= 11 is 0. The molecule has 2 heterocycles. The van der Waals surface area contributed by atoms with Gasteiger partial charge in [0.1, 0.15) is 23.0 Å². The van der Waals surface area contributed by atoms with E-state index in [4.69, 9.17) is 9.72 Å². The Kier molecular flexibility index (Phi) is 5.71. The third-order valence-electron chi connectivity index (χ3n) is 5.38. The smallest absolute Gasteiger partial charge is 0.269 e. The quantitative estimate of drug-likeness (QED) is 0.476. The van der Waals surface area contributed by atoms with Gasteiger partial charge in [-0.2, -0.15) is 0 Å². The monoisotopic (exact) mass is 416 g/mol. The molecule has 0 radical (unpaired) electrons. The second-order valence-electron chi connectivity index (χ2n) is 7.87. The van der Waals surface area contributed by atoms with Gasteiger partial charge in [-0.1, -0.05) is 38.1 Å². The highest BCUT2D eigenvalue weighted by molar-refractivity contribution is 5.92. The van der Waals surface area contributed by atoms with Crippen molar-refractivity contribution in [1.29, 1.82) is 0 Å². The third kappa shape index (κ3) is 4.43. The molecule has 1 amide bonds. The summed E-state index contributed by atoms with van der Waals surface area (Å²) in [5.41, 5.74) is 4.80. The summed E-state index contributed by atoms with van der Waals surface area (Å²) in [4.78, 5) is 20.7. The number of carbonyl (C=O) groups excluding carboxylic acids is 1. The van der Waals surface area contributed by atoms with E-state index in [1.807, 2.05) is 25.2 Å². The lowest BCUT2D eigenvalue weighted by Gasteiger charge is -2.07. The fourth-order valence-corrected chi connectivity index (χ4v) is 3.52. The van der Waals surface area contributed by atoms with Gasteiger partial charge in [0.2, 0.25) is 0 Å². The summed E-state index contributed by atoms with van der Waals surface area (Å²) in [6.07, 6.45) is 2.32. The first-order chi connectivity index (χ1) is 14.9. The van der Waals surface area contributed by atoms with E-state index in [0.29, 0.717) is 23.1 Å².